The molecular formula is C12H13F3N2O4. The number of hydrogen-bond donors (Lipinski definition) is 2. The highest BCUT2D eigenvalue weighted by atomic mass is 19.4. The number of hydrogen-bond acceptors (Lipinski definition) is 4. The Hall–Kier alpha value is -2.16. The first-order valence-corrected chi connectivity index (χ1v) is 5.88. The Morgan fingerprint density at radius 2 is 2.00 bits per heavy atom. The Morgan fingerprint density at radius 3 is 2.43 bits per heavy atom. The van der Waals surface area contributed by atoms with Gasteiger partial charge < -0.3 is 10.4 Å². The molecule has 1 atom stereocenters. The van der Waals surface area contributed by atoms with Crippen molar-refractivity contribution in [2.24, 2.45) is 0 Å². The molecule has 1 rings (SSSR count). The number of nitrogens with zero attached hydrogens (tertiary/aromatic N) is 1. The van der Waals surface area contributed by atoms with Crippen molar-refractivity contribution < 1.29 is 28.0 Å². The first-order chi connectivity index (χ1) is 9.49. The smallest absolute Gasteiger partial charge is 0.380 e. The number of carbonyl (C=O) groups is 1. The molecule has 0 aliphatic heterocycles. The number of carbonyl (C=O) groups excluding carboxylic acids is 1. The van der Waals surface area contributed by atoms with Crippen molar-refractivity contribution in [3.63, 3.8) is 0 Å². The van der Waals surface area contributed by atoms with Crippen LogP contribution in [0.1, 0.15) is 25.8 Å². The van der Waals surface area contributed by atoms with Gasteiger partial charge >= 0.3 is 6.18 Å². The minimum absolute atomic E-state index is 0.0535. The van der Waals surface area contributed by atoms with Gasteiger partial charge in [0.1, 0.15) is 11.2 Å². The molecule has 0 saturated carbocycles. The maximum absolute atomic E-state index is 12.8. The monoisotopic (exact) mass is 306 g/mol. The summed E-state index contributed by atoms with van der Waals surface area (Å²) in [5.41, 5.74) is -4.61. The van der Waals surface area contributed by atoms with E-state index in [9.17, 15) is 33.2 Å². The zero-order valence-corrected chi connectivity index (χ0v) is 11.2. The average molecular weight is 306 g/mol. The van der Waals surface area contributed by atoms with Gasteiger partial charge in [-0.25, -0.2) is 0 Å². The van der Waals surface area contributed by atoms with Crippen LogP contribution in [0.2, 0.25) is 0 Å². The number of rotatable bonds is 4. The van der Waals surface area contributed by atoms with E-state index in [-0.39, 0.29) is 12.1 Å². The second-order valence-electron chi connectivity index (χ2n) is 4.57. The molecule has 9 heteroatoms. The number of nitro benzene ring substituents is 1. The standard InChI is InChI=1S/C12H13F3N2O4/c1-3-11(2,19)10(18)16-7-4-5-9(17(20)21)8(6-7)12(13,14)15/h4-6,19H,3H2,1-2H3,(H,16,18)/t11-/m0/s1. The molecule has 0 spiro atoms. The lowest BCUT2D eigenvalue weighted by Gasteiger charge is -2.20. The third-order valence-corrected chi connectivity index (χ3v) is 2.93. The van der Waals surface area contributed by atoms with E-state index < -0.39 is 33.9 Å². The van der Waals surface area contributed by atoms with Gasteiger partial charge in [-0.3, -0.25) is 14.9 Å². The molecule has 6 nitrogen and oxygen atoms in total. The van der Waals surface area contributed by atoms with Crippen LogP contribution >= 0.6 is 0 Å². The number of amides is 1. The Morgan fingerprint density at radius 1 is 1.43 bits per heavy atom. The maximum atomic E-state index is 12.8. The largest absolute Gasteiger partial charge is 0.423 e. The summed E-state index contributed by atoms with van der Waals surface area (Å²) < 4.78 is 38.3. The lowest BCUT2D eigenvalue weighted by Crippen LogP contribution is -2.39. The van der Waals surface area contributed by atoms with Crippen molar-refractivity contribution >= 4 is 17.3 Å². The van der Waals surface area contributed by atoms with Crippen molar-refractivity contribution in [2.45, 2.75) is 32.0 Å². The zero-order chi connectivity index (χ0) is 16.4. The molecule has 0 aliphatic rings. The summed E-state index contributed by atoms with van der Waals surface area (Å²) in [6, 6.07) is 2.08. The number of halogens is 3. The molecule has 0 aliphatic carbocycles. The van der Waals surface area contributed by atoms with E-state index in [1.807, 2.05) is 0 Å². The minimum Gasteiger partial charge on any atom is -0.380 e. The highest BCUT2D eigenvalue weighted by molar-refractivity contribution is 5.96. The molecule has 0 unspecified atom stereocenters. The molecule has 0 heterocycles. The van der Waals surface area contributed by atoms with Crippen LogP contribution < -0.4 is 5.32 Å². The first-order valence-electron chi connectivity index (χ1n) is 5.88. The molecule has 1 aromatic carbocycles. The van der Waals surface area contributed by atoms with Crippen LogP contribution in [0.4, 0.5) is 24.5 Å². The van der Waals surface area contributed by atoms with E-state index in [4.69, 9.17) is 0 Å². The first kappa shape index (κ1) is 16.9. The lowest BCUT2D eigenvalue weighted by molar-refractivity contribution is -0.388. The van der Waals surface area contributed by atoms with Gasteiger partial charge in [-0.2, -0.15) is 13.2 Å². The zero-order valence-electron chi connectivity index (χ0n) is 11.2. The predicted octanol–water partition coefficient (Wildman–Crippen LogP) is 2.71. The second-order valence-corrected chi connectivity index (χ2v) is 4.57. The van der Waals surface area contributed by atoms with Crippen LogP contribution in [0.15, 0.2) is 18.2 Å². The highest BCUT2D eigenvalue weighted by Gasteiger charge is 2.39. The number of nitrogens with one attached hydrogen (secondary N) is 1. The molecule has 1 aromatic rings. The summed E-state index contributed by atoms with van der Waals surface area (Å²) in [5.74, 6) is -0.896. The van der Waals surface area contributed by atoms with E-state index in [0.29, 0.717) is 12.1 Å². The average Bonchev–Trinajstić information content (AvgIpc) is 2.37. The van der Waals surface area contributed by atoms with Crippen molar-refractivity contribution in [1.29, 1.82) is 0 Å². The van der Waals surface area contributed by atoms with Gasteiger partial charge in [-0.05, 0) is 25.5 Å². The Labute approximate surface area is 117 Å². The summed E-state index contributed by atoms with van der Waals surface area (Å²) in [7, 11) is 0. The topological polar surface area (TPSA) is 92.5 Å². The minimum atomic E-state index is -4.93. The predicted molar refractivity (Wildman–Crippen MR) is 67.6 cm³/mol. The van der Waals surface area contributed by atoms with Crippen LogP contribution in [0.25, 0.3) is 0 Å². The normalized spacial score (nSPS) is 14.4. The van der Waals surface area contributed by atoms with Crippen LogP contribution in [0.5, 0.6) is 0 Å². The Balaban J connectivity index is 3.18. The number of nitro groups is 1. The molecule has 21 heavy (non-hydrogen) atoms. The van der Waals surface area contributed by atoms with Gasteiger partial charge in [0.2, 0.25) is 0 Å². The third-order valence-electron chi connectivity index (χ3n) is 2.93. The third kappa shape index (κ3) is 3.91. The number of benzene rings is 1. The molecule has 0 fully saturated rings. The molecule has 0 saturated heterocycles. The van der Waals surface area contributed by atoms with Crippen molar-refractivity contribution in [2.75, 3.05) is 5.32 Å². The lowest BCUT2D eigenvalue weighted by atomic mass is 10.0. The van der Waals surface area contributed by atoms with Gasteiger partial charge in [-0.1, -0.05) is 6.92 Å². The highest BCUT2D eigenvalue weighted by Crippen LogP contribution is 2.37. The van der Waals surface area contributed by atoms with Crippen molar-refractivity contribution in [1.82, 2.24) is 0 Å². The number of aliphatic hydroxyl groups is 1. The van der Waals surface area contributed by atoms with Gasteiger partial charge in [-0.15, -0.1) is 0 Å². The summed E-state index contributed by atoms with van der Waals surface area (Å²) in [4.78, 5) is 21.1. The maximum Gasteiger partial charge on any atom is 0.423 e. The van der Waals surface area contributed by atoms with Gasteiger partial charge in [0, 0.05) is 11.8 Å². The van der Waals surface area contributed by atoms with Crippen molar-refractivity contribution in [3.05, 3.63) is 33.9 Å². The Bertz CT molecular complexity index is 570. The Kier molecular flexibility index (Phi) is 4.57. The molecule has 0 bridgehead atoms. The SMILES string of the molecule is CC[C@](C)(O)C(=O)Nc1ccc([N+](=O)[O-])c(C(F)(F)F)c1. The summed E-state index contributed by atoms with van der Waals surface area (Å²) in [6.45, 7) is 2.73. The van der Waals surface area contributed by atoms with E-state index in [1.165, 1.54) is 13.8 Å². The summed E-state index contributed by atoms with van der Waals surface area (Å²) in [5, 5.41) is 22.4. The number of alkyl halides is 3. The van der Waals surface area contributed by atoms with Gasteiger partial charge in [0.05, 0.1) is 4.92 Å². The number of anilines is 1. The van der Waals surface area contributed by atoms with Crippen LogP contribution in [-0.4, -0.2) is 21.5 Å². The molecule has 116 valence electrons. The van der Waals surface area contributed by atoms with E-state index >= 15 is 0 Å². The van der Waals surface area contributed by atoms with Crippen LogP contribution in [0.3, 0.4) is 0 Å². The summed E-state index contributed by atoms with van der Waals surface area (Å²) in [6.07, 6.45) is -4.88. The van der Waals surface area contributed by atoms with E-state index in [2.05, 4.69) is 5.32 Å². The van der Waals surface area contributed by atoms with Crippen molar-refractivity contribution in [3.8, 4) is 0 Å². The fourth-order valence-electron chi connectivity index (χ4n) is 1.43. The molecule has 1 amide bonds. The van der Waals surface area contributed by atoms with Crippen LogP contribution in [-0.2, 0) is 11.0 Å². The summed E-state index contributed by atoms with van der Waals surface area (Å²) >= 11 is 0. The quantitative estimate of drug-likeness (QED) is 0.660. The van der Waals surface area contributed by atoms with Crippen LogP contribution in [0, 0.1) is 10.1 Å². The molecular weight excluding hydrogens is 293 g/mol. The molecule has 0 radical (unpaired) electrons. The van der Waals surface area contributed by atoms with Gasteiger partial charge in [0.15, 0.2) is 0 Å². The van der Waals surface area contributed by atoms with Gasteiger partial charge in [0.25, 0.3) is 11.6 Å². The second kappa shape index (κ2) is 5.68. The molecule has 0 aromatic heterocycles. The van der Waals surface area contributed by atoms with E-state index in [1.54, 1.807) is 0 Å². The fraction of sp³-hybridized carbons (Fsp3) is 0.417. The molecule has 2 N–H and O–H groups in total. The fourth-order valence-corrected chi connectivity index (χ4v) is 1.43. The van der Waals surface area contributed by atoms with E-state index in [0.717, 1.165) is 6.07 Å².